The smallest absolute Gasteiger partial charge is 0.140 e. The topological polar surface area (TPSA) is 29.3 Å². The SMILES string of the molecule is CC1CC=CC2=C1c1cc3c(cc1-c1ccccc1-c1ccccc1C1CC21)c1ccccc1n3C1C=Nc2ccccc2N1. The number of aliphatic imine (C=N–C) groups is 1. The van der Waals surface area contributed by atoms with Crippen LogP contribution >= 0.6 is 0 Å². The average molecular weight is 580 g/mol. The van der Waals surface area contributed by atoms with Crippen molar-refractivity contribution in [2.45, 2.75) is 31.8 Å². The fourth-order valence-corrected chi connectivity index (χ4v) is 8.51. The van der Waals surface area contributed by atoms with Crippen LogP contribution in [0.25, 0.3) is 49.6 Å². The lowest BCUT2D eigenvalue weighted by Crippen LogP contribution is -2.21. The van der Waals surface area contributed by atoms with Gasteiger partial charge in [0, 0.05) is 17.0 Å². The summed E-state index contributed by atoms with van der Waals surface area (Å²) >= 11 is 0. The van der Waals surface area contributed by atoms with Gasteiger partial charge in [0.25, 0.3) is 0 Å². The fraction of sp³-hybridized carbons (Fsp3) is 0.167. The summed E-state index contributed by atoms with van der Waals surface area (Å²) in [5, 5.41) is 6.35. The van der Waals surface area contributed by atoms with Crippen LogP contribution in [0.15, 0.2) is 132 Å². The van der Waals surface area contributed by atoms with Gasteiger partial charge in [-0.25, -0.2) is 0 Å². The first-order valence-electron chi connectivity index (χ1n) is 16.3. The zero-order valence-electron chi connectivity index (χ0n) is 25.2. The molecule has 3 heteroatoms. The van der Waals surface area contributed by atoms with E-state index in [0.717, 1.165) is 17.8 Å². The Morgan fingerprint density at radius 1 is 0.689 bits per heavy atom. The molecule has 0 saturated heterocycles. The quantitative estimate of drug-likeness (QED) is 0.206. The van der Waals surface area contributed by atoms with E-state index in [1.54, 1.807) is 5.57 Å². The fourth-order valence-electron chi connectivity index (χ4n) is 8.51. The first kappa shape index (κ1) is 25.2. The number of para-hydroxylation sites is 3. The predicted molar refractivity (Wildman–Crippen MR) is 188 cm³/mol. The second-order valence-corrected chi connectivity index (χ2v) is 13.2. The number of fused-ring (bicyclic) bond motifs is 13. The molecule has 216 valence electrons. The summed E-state index contributed by atoms with van der Waals surface area (Å²) < 4.78 is 2.47. The van der Waals surface area contributed by atoms with Gasteiger partial charge in [0.2, 0.25) is 0 Å². The molecule has 10 rings (SSSR count). The van der Waals surface area contributed by atoms with Gasteiger partial charge in [0.1, 0.15) is 6.17 Å². The molecule has 1 aromatic heterocycles. The maximum atomic E-state index is 4.90. The van der Waals surface area contributed by atoms with E-state index >= 15 is 0 Å². The Balaban J connectivity index is 1.32. The molecule has 45 heavy (non-hydrogen) atoms. The van der Waals surface area contributed by atoms with Crippen molar-refractivity contribution in [3.05, 3.63) is 138 Å². The highest BCUT2D eigenvalue weighted by atomic mass is 15.2. The molecule has 0 amide bonds. The molecule has 6 aromatic rings. The number of aromatic nitrogens is 1. The number of rotatable bonds is 1. The lowest BCUT2D eigenvalue weighted by molar-refractivity contribution is 0.739. The molecule has 4 atom stereocenters. The van der Waals surface area contributed by atoms with Crippen molar-refractivity contribution in [3.63, 3.8) is 0 Å². The van der Waals surface area contributed by atoms with Crippen LogP contribution in [0.5, 0.6) is 0 Å². The largest absolute Gasteiger partial charge is 0.359 e. The van der Waals surface area contributed by atoms with Gasteiger partial charge < -0.3 is 9.88 Å². The maximum Gasteiger partial charge on any atom is 0.140 e. The zero-order valence-corrected chi connectivity index (χ0v) is 25.2. The van der Waals surface area contributed by atoms with E-state index in [1.807, 2.05) is 6.07 Å². The molecular formula is C42H33N3. The summed E-state index contributed by atoms with van der Waals surface area (Å²) in [6.45, 7) is 2.43. The van der Waals surface area contributed by atoms with E-state index in [0.29, 0.717) is 17.8 Å². The normalized spacial score (nSPS) is 22.5. The third-order valence-electron chi connectivity index (χ3n) is 10.6. The third-order valence-corrected chi connectivity index (χ3v) is 10.6. The minimum atomic E-state index is -0.0935. The Bertz CT molecular complexity index is 2300. The van der Waals surface area contributed by atoms with Gasteiger partial charge in [-0.15, -0.1) is 0 Å². The average Bonchev–Trinajstić information content (AvgIpc) is 3.82. The molecule has 1 N–H and O–H groups in total. The highest BCUT2D eigenvalue weighted by Crippen LogP contribution is 2.59. The minimum Gasteiger partial charge on any atom is -0.359 e. The Kier molecular flexibility index (Phi) is 5.28. The van der Waals surface area contributed by atoms with Gasteiger partial charge in [0.05, 0.1) is 22.4 Å². The van der Waals surface area contributed by atoms with Crippen LogP contribution in [0.2, 0.25) is 0 Å². The molecular weight excluding hydrogens is 546 g/mol. The maximum absolute atomic E-state index is 4.90. The summed E-state index contributed by atoms with van der Waals surface area (Å²) in [5.41, 5.74) is 15.8. The number of nitrogens with zero attached hydrogens (tertiary/aromatic N) is 2. The first-order chi connectivity index (χ1) is 22.2. The van der Waals surface area contributed by atoms with Crippen molar-refractivity contribution >= 4 is 45.0 Å². The molecule has 4 unspecified atom stereocenters. The van der Waals surface area contributed by atoms with Crippen molar-refractivity contribution < 1.29 is 0 Å². The zero-order chi connectivity index (χ0) is 29.6. The van der Waals surface area contributed by atoms with E-state index < -0.39 is 0 Å². The van der Waals surface area contributed by atoms with E-state index in [4.69, 9.17) is 4.99 Å². The number of nitrogens with one attached hydrogen (secondary N) is 1. The highest BCUT2D eigenvalue weighted by molar-refractivity contribution is 6.12. The molecule has 0 bridgehead atoms. The molecule has 4 aliphatic rings. The van der Waals surface area contributed by atoms with Crippen LogP contribution in [0.3, 0.4) is 0 Å². The van der Waals surface area contributed by atoms with Crippen LogP contribution in [-0.4, -0.2) is 10.8 Å². The van der Waals surface area contributed by atoms with Gasteiger partial charge >= 0.3 is 0 Å². The van der Waals surface area contributed by atoms with Crippen LogP contribution in [0.4, 0.5) is 11.4 Å². The number of anilines is 1. The summed E-state index contributed by atoms with van der Waals surface area (Å²) in [5.74, 6) is 1.57. The number of hydrogen-bond acceptors (Lipinski definition) is 2. The molecule has 5 aromatic carbocycles. The number of hydrogen-bond donors (Lipinski definition) is 1. The third kappa shape index (κ3) is 3.67. The standard InChI is InChI=1S/C42H33N3/c1-25-11-10-17-31-34-21-32(34)28-14-4-2-12-26(28)27-13-3-5-15-29(27)33-22-35-30-16-6-9-20-39(30)45(40(35)23-36(33)42(25)31)41-24-43-37-18-7-8-19-38(37)44-41/h2-10,12-20,22-25,32,34,41,44H,11,21H2,1H3. The molecule has 1 saturated carbocycles. The van der Waals surface area contributed by atoms with E-state index in [2.05, 4.69) is 138 Å². The highest BCUT2D eigenvalue weighted by Gasteiger charge is 2.44. The molecule has 1 aliphatic heterocycles. The van der Waals surface area contributed by atoms with Gasteiger partial charge in [-0.3, -0.25) is 4.99 Å². The van der Waals surface area contributed by atoms with Gasteiger partial charge in [-0.1, -0.05) is 97.9 Å². The van der Waals surface area contributed by atoms with Gasteiger partial charge in [0.15, 0.2) is 0 Å². The summed E-state index contributed by atoms with van der Waals surface area (Å²) in [4.78, 5) is 4.90. The number of allylic oxidation sites excluding steroid dienone is 4. The summed E-state index contributed by atoms with van der Waals surface area (Å²) in [7, 11) is 0. The molecule has 3 aliphatic carbocycles. The van der Waals surface area contributed by atoms with Crippen LogP contribution < -0.4 is 5.32 Å². The summed E-state index contributed by atoms with van der Waals surface area (Å²) in [6, 6.07) is 40.5. The van der Waals surface area contributed by atoms with Gasteiger partial charge in [-0.05, 0) is 105 Å². The molecule has 0 radical (unpaired) electrons. The summed E-state index contributed by atoms with van der Waals surface area (Å²) in [6.07, 6.45) is 9.14. The molecule has 0 spiro atoms. The Morgan fingerprint density at radius 2 is 1.44 bits per heavy atom. The molecule has 2 heterocycles. The van der Waals surface area contributed by atoms with Crippen molar-refractivity contribution in [3.8, 4) is 22.3 Å². The van der Waals surface area contributed by atoms with Crippen molar-refractivity contribution in [2.24, 2.45) is 16.8 Å². The van der Waals surface area contributed by atoms with Gasteiger partial charge in [-0.2, -0.15) is 0 Å². The Morgan fingerprint density at radius 3 is 2.36 bits per heavy atom. The van der Waals surface area contributed by atoms with Crippen LogP contribution in [-0.2, 0) is 0 Å². The van der Waals surface area contributed by atoms with Crippen molar-refractivity contribution in [2.75, 3.05) is 5.32 Å². The van der Waals surface area contributed by atoms with Crippen molar-refractivity contribution in [1.29, 1.82) is 0 Å². The first-order valence-corrected chi connectivity index (χ1v) is 16.3. The van der Waals surface area contributed by atoms with Crippen LogP contribution in [0, 0.1) is 11.8 Å². The monoisotopic (exact) mass is 579 g/mol. The number of benzene rings is 5. The predicted octanol–water partition coefficient (Wildman–Crippen LogP) is 10.9. The second-order valence-electron chi connectivity index (χ2n) is 13.2. The second kappa shape index (κ2) is 9.42. The van der Waals surface area contributed by atoms with E-state index in [-0.39, 0.29) is 6.17 Å². The van der Waals surface area contributed by atoms with Crippen molar-refractivity contribution in [1.82, 2.24) is 4.57 Å². The Hall–Kier alpha value is -5.15. The lowest BCUT2D eigenvalue weighted by Gasteiger charge is -2.28. The van der Waals surface area contributed by atoms with E-state index in [9.17, 15) is 0 Å². The van der Waals surface area contributed by atoms with Crippen LogP contribution in [0.1, 0.15) is 43.0 Å². The van der Waals surface area contributed by atoms with E-state index in [1.165, 1.54) is 67.2 Å². The molecule has 1 fully saturated rings. The molecule has 3 nitrogen and oxygen atoms in total. The lowest BCUT2D eigenvalue weighted by atomic mass is 9.77. The Labute approximate surface area is 263 Å². The minimum absolute atomic E-state index is 0.0935.